The molecule has 0 atom stereocenters. The Bertz CT molecular complexity index is 452. The fourth-order valence-corrected chi connectivity index (χ4v) is 1.86. The Morgan fingerprint density at radius 2 is 2.11 bits per heavy atom. The third-order valence-electron chi connectivity index (χ3n) is 3.17. The highest BCUT2D eigenvalue weighted by Gasteiger charge is 2.25. The molecule has 0 saturated carbocycles. The monoisotopic (exact) mass is 250 g/mol. The number of hydrogen-bond acceptors (Lipinski definition) is 3. The predicted molar refractivity (Wildman–Crippen MR) is 68.4 cm³/mol. The van der Waals surface area contributed by atoms with Crippen LogP contribution in [0.15, 0.2) is 18.2 Å². The molecule has 0 bridgehead atoms. The van der Waals surface area contributed by atoms with Crippen molar-refractivity contribution in [1.82, 2.24) is 4.90 Å². The van der Waals surface area contributed by atoms with Gasteiger partial charge in [-0.05, 0) is 44.2 Å². The molecular weight excluding hydrogens is 231 g/mol. The number of benzene rings is 1. The largest absolute Gasteiger partial charge is 0.394 e. The van der Waals surface area contributed by atoms with Crippen LogP contribution in [0.25, 0.3) is 0 Å². The first-order valence-corrected chi connectivity index (χ1v) is 5.99. The minimum absolute atomic E-state index is 0.0119. The van der Waals surface area contributed by atoms with Crippen LogP contribution in [-0.2, 0) is 6.54 Å². The molecule has 0 spiro atoms. The molecule has 3 nitrogen and oxygen atoms in total. The van der Waals surface area contributed by atoms with Crippen molar-refractivity contribution in [2.45, 2.75) is 32.9 Å². The van der Waals surface area contributed by atoms with Gasteiger partial charge in [0, 0.05) is 12.1 Å². The zero-order valence-electron chi connectivity index (χ0n) is 11.1. The lowest BCUT2D eigenvalue weighted by Crippen LogP contribution is -2.46. The molecule has 0 aliphatic carbocycles. The van der Waals surface area contributed by atoms with Crippen LogP contribution in [0.3, 0.4) is 0 Å². The summed E-state index contributed by atoms with van der Waals surface area (Å²) in [5.41, 5.74) is 0.734. The smallest absolute Gasteiger partial charge is 0.123 e. The molecule has 0 heterocycles. The van der Waals surface area contributed by atoms with Gasteiger partial charge in [-0.15, -0.1) is 0 Å². The van der Waals surface area contributed by atoms with Crippen molar-refractivity contribution in [3.63, 3.8) is 0 Å². The Labute approximate surface area is 107 Å². The summed E-state index contributed by atoms with van der Waals surface area (Å²) in [4.78, 5) is 2.02. The molecule has 0 aromatic heterocycles. The molecule has 0 aliphatic rings. The average molecular weight is 250 g/mol. The lowest BCUT2D eigenvalue weighted by atomic mass is 10.0. The summed E-state index contributed by atoms with van der Waals surface area (Å²) >= 11 is 0. The summed E-state index contributed by atoms with van der Waals surface area (Å²) in [5.74, 6) is -0.346. The Morgan fingerprint density at radius 3 is 2.61 bits per heavy atom. The second-order valence-electron chi connectivity index (χ2n) is 4.90. The molecule has 18 heavy (non-hydrogen) atoms. The maximum atomic E-state index is 13.2. The van der Waals surface area contributed by atoms with Crippen molar-refractivity contribution in [1.29, 1.82) is 5.26 Å². The van der Waals surface area contributed by atoms with E-state index in [4.69, 9.17) is 5.26 Å². The first-order chi connectivity index (χ1) is 8.44. The molecule has 0 unspecified atom stereocenters. The zero-order chi connectivity index (χ0) is 13.8. The van der Waals surface area contributed by atoms with E-state index in [1.54, 1.807) is 0 Å². The number of nitrogens with zero attached hydrogens (tertiary/aromatic N) is 2. The van der Waals surface area contributed by atoms with Crippen LogP contribution < -0.4 is 0 Å². The van der Waals surface area contributed by atoms with Crippen molar-refractivity contribution < 1.29 is 9.50 Å². The van der Waals surface area contributed by atoms with Gasteiger partial charge < -0.3 is 5.11 Å². The molecule has 98 valence electrons. The minimum atomic E-state index is -0.395. The van der Waals surface area contributed by atoms with Gasteiger partial charge >= 0.3 is 0 Å². The Balaban J connectivity index is 3.02. The summed E-state index contributed by atoms with van der Waals surface area (Å²) in [6.07, 6.45) is 0. The Hall–Kier alpha value is -1.44. The van der Waals surface area contributed by atoms with Gasteiger partial charge in [0.15, 0.2) is 0 Å². The molecule has 0 saturated heterocycles. The summed E-state index contributed by atoms with van der Waals surface area (Å²) in [5, 5.41) is 18.4. The van der Waals surface area contributed by atoms with Gasteiger partial charge in [-0.3, -0.25) is 4.90 Å². The number of rotatable bonds is 5. The molecule has 1 rings (SSSR count). The third kappa shape index (κ3) is 3.28. The number of hydrogen-bond donors (Lipinski definition) is 1. The molecule has 0 fully saturated rings. The van der Waals surface area contributed by atoms with Gasteiger partial charge in [0.25, 0.3) is 0 Å². The SMILES string of the molecule is CCN(Cc1cc(F)ccc1C#N)C(C)(C)CO. The van der Waals surface area contributed by atoms with Crippen molar-refractivity contribution in [2.75, 3.05) is 13.2 Å². The molecular formula is C14H19FN2O. The van der Waals surface area contributed by atoms with E-state index in [0.29, 0.717) is 17.7 Å². The fourth-order valence-electron chi connectivity index (χ4n) is 1.86. The highest BCUT2D eigenvalue weighted by molar-refractivity contribution is 5.37. The standard InChI is InChI=1S/C14H19FN2O/c1-4-17(14(2,3)10-18)9-12-7-13(15)6-5-11(12)8-16/h5-7,18H,4,9-10H2,1-3H3. The lowest BCUT2D eigenvalue weighted by molar-refractivity contribution is 0.0550. The van der Waals surface area contributed by atoms with E-state index < -0.39 is 5.54 Å². The van der Waals surface area contributed by atoms with Crippen molar-refractivity contribution in [3.05, 3.63) is 35.1 Å². The average Bonchev–Trinajstić information content (AvgIpc) is 2.35. The van der Waals surface area contributed by atoms with Gasteiger partial charge in [0.05, 0.1) is 18.2 Å². The quantitative estimate of drug-likeness (QED) is 0.872. The number of halogens is 1. The first kappa shape index (κ1) is 14.6. The van der Waals surface area contributed by atoms with Gasteiger partial charge in [-0.25, -0.2) is 4.39 Å². The van der Waals surface area contributed by atoms with Gasteiger partial charge in [-0.1, -0.05) is 6.92 Å². The normalized spacial score (nSPS) is 11.6. The highest BCUT2D eigenvalue weighted by Crippen LogP contribution is 2.19. The number of likely N-dealkylation sites (N-methyl/N-ethyl adjacent to an activating group) is 1. The summed E-state index contributed by atoms with van der Waals surface area (Å²) in [7, 11) is 0. The third-order valence-corrected chi connectivity index (χ3v) is 3.17. The fraction of sp³-hybridized carbons (Fsp3) is 0.500. The molecule has 1 N–H and O–H groups in total. The summed E-state index contributed by atoms with van der Waals surface area (Å²) < 4.78 is 13.2. The summed E-state index contributed by atoms with van der Waals surface area (Å²) in [6.45, 7) is 6.99. The van der Waals surface area contributed by atoms with E-state index in [-0.39, 0.29) is 12.4 Å². The van der Waals surface area contributed by atoms with E-state index in [9.17, 15) is 9.50 Å². The van der Waals surface area contributed by atoms with Gasteiger partial charge in [0.2, 0.25) is 0 Å². The maximum Gasteiger partial charge on any atom is 0.123 e. The topological polar surface area (TPSA) is 47.3 Å². The van der Waals surface area contributed by atoms with E-state index in [0.717, 1.165) is 6.54 Å². The van der Waals surface area contributed by atoms with E-state index in [2.05, 4.69) is 6.07 Å². The maximum absolute atomic E-state index is 13.2. The molecule has 4 heteroatoms. The van der Waals surface area contributed by atoms with Crippen LogP contribution in [-0.4, -0.2) is 28.7 Å². The van der Waals surface area contributed by atoms with Gasteiger partial charge in [0.1, 0.15) is 5.82 Å². The van der Waals surface area contributed by atoms with Crippen LogP contribution in [0.4, 0.5) is 4.39 Å². The first-order valence-electron chi connectivity index (χ1n) is 5.99. The Morgan fingerprint density at radius 1 is 1.44 bits per heavy atom. The van der Waals surface area contributed by atoms with E-state index in [1.165, 1.54) is 18.2 Å². The van der Waals surface area contributed by atoms with Crippen LogP contribution in [0, 0.1) is 17.1 Å². The minimum Gasteiger partial charge on any atom is -0.394 e. The van der Waals surface area contributed by atoms with Crippen LogP contribution >= 0.6 is 0 Å². The lowest BCUT2D eigenvalue weighted by Gasteiger charge is -2.36. The van der Waals surface area contributed by atoms with Crippen LogP contribution in [0.5, 0.6) is 0 Å². The number of aliphatic hydroxyl groups is 1. The number of aliphatic hydroxyl groups excluding tert-OH is 1. The molecule has 1 aromatic rings. The molecule has 0 amide bonds. The van der Waals surface area contributed by atoms with E-state index >= 15 is 0 Å². The Kier molecular flexibility index (Phi) is 4.83. The molecule has 1 aromatic carbocycles. The van der Waals surface area contributed by atoms with Crippen LogP contribution in [0.2, 0.25) is 0 Å². The van der Waals surface area contributed by atoms with Gasteiger partial charge in [-0.2, -0.15) is 5.26 Å². The van der Waals surface area contributed by atoms with Crippen molar-refractivity contribution in [3.8, 4) is 6.07 Å². The number of nitriles is 1. The summed E-state index contributed by atoms with van der Waals surface area (Å²) in [6, 6.07) is 6.23. The van der Waals surface area contributed by atoms with E-state index in [1.807, 2.05) is 25.7 Å². The highest BCUT2D eigenvalue weighted by atomic mass is 19.1. The predicted octanol–water partition coefficient (Wildman–Crippen LogP) is 2.29. The zero-order valence-corrected chi connectivity index (χ0v) is 11.1. The van der Waals surface area contributed by atoms with Crippen molar-refractivity contribution >= 4 is 0 Å². The van der Waals surface area contributed by atoms with Crippen molar-refractivity contribution in [2.24, 2.45) is 0 Å². The second kappa shape index (κ2) is 5.94. The van der Waals surface area contributed by atoms with Crippen LogP contribution in [0.1, 0.15) is 31.9 Å². The molecule has 0 radical (unpaired) electrons. The second-order valence-corrected chi connectivity index (χ2v) is 4.90. The molecule has 0 aliphatic heterocycles.